The van der Waals surface area contributed by atoms with Crippen LogP contribution in [0.3, 0.4) is 0 Å². The number of nitrogens with one attached hydrogen (secondary N) is 2. The molecule has 27 heavy (non-hydrogen) atoms. The van der Waals surface area contributed by atoms with E-state index >= 15 is 0 Å². The molecule has 1 aliphatic carbocycles. The monoisotopic (exact) mass is 478 g/mol. The second-order valence-electron chi connectivity index (χ2n) is 6.69. The third-order valence-electron chi connectivity index (χ3n) is 4.74. The zero-order valence-electron chi connectivity index (χ0n) is 15.3. The molecule has 0 spiro atoms. The van der Waals surface area contributed by atoms with Crippen molar-refractivity contribution in [3.05, 3.63) is 57.2 Å². The van der Waals surface area contributed by atoms with Gasteiger partial charge < -0.3 is 15.4 Å². The number of hydrogen-bond donors (Lipinski definition) is 2. The van der Waals surface area contributed by atoms with Gasteiger partial charge in [0, 0.05) is 22.9 Å². The fourth-order valence-electron chi connectivity index (χ4n) is 3.26. The molecular formula is C21H23IN2O3. The molecular weight excluding hydrogens is 455 g/mol. The van der Waals surface area contributed by atoms with E-state index < -0.39 is 0 Å². The van der Waals surface area contributed by atoms with Gasteiger partial charge in [0.2, 0.25) is 0 Å². The lowest BCUT2D eigenvalue weighted by molar-refractivity contribution is 0.0926. The fourth-order valence-corrected chi connectivity index (χ4v) is 4.00. The molecule has 3 rings (SSSR count). The molecule has 0 atom stereocenters. The maximum Gasteiger partial charge on any atom is 0.255 e. The minimum atomic E-state index is -0.222. The smallest absolute Gasteiger partial charge is 0.255 e. The van der Waals surface area contributed by atoms with Gasteiger partial charge in [-0.3, -0.25) is 9.59 Å². The lowest BCUT2D eigenvalue weighted by atomic mass is 9.95. The Labute approximate surface area is 173 Å². The van der Waals surface area contributed by atoms with Crippen molar-refractivity contribution in [2.75, 3.05) is 12.4 Å². The van der Waals surface area contributed by atoms with E-state index in [-0.39, 0.29) is 17.9 Å². The van der Waals surface area contributed by atoms with Gasteiger partial charge in [0.15, 0.2) is 0 Å². The van der Waals surface area contributed by atoms with Crippen molar-refractivity contribution in [2.45, 2.75) is 38.1 Å². The van der Waals surface area contributed by atoms with Gasteiger partial charge in [-0.25, -0.2) is 0 Å². The minimum absolute atomic E-state index is 0.0861. The summed E-state index contributed by atoms with van der Waals surface area (Å²) in [5.41, 5.74) is 1.70. The number of halogens is 1. The van der Waals surface area contributed by atoms with Crippen LogP contribution >= 0.6 is 22.6 Å². The molecule has 0 bridgehead atoms. The number of ether oxygens (including phenoxy) is 1. The standard InChI is InChI=1S/C21H23IN2O3/c1-27-19-11-10-15(13-18(19)22)21(26)24-17-9-5-6-14(12-17)20(25)23-16-7-3-2-4-8-16/h5-6,9-13,16H,2-4,7-8H2,1H3,(H,23,25)(H,24,26). The van der Waals surface area contributed by atoms with E-state index in [1.807, 2.05) is 0 Å². The van der Waals surface area contributed by atoms with Crippen LogP contribution in [0.4, 0.5) is 5.69 Å². The molecule has 0 aromatic heterocycles. The number of carbonyl (C=O) groups is 2. The maximum absolute atomic E-state index is 12.5. The Balaban J connectivity index is 1.67. The zero-order chi connectivity index (χ0) is 19.2. The average Bonchev–Trinajstić information content (AvgIpc) is 2.69. The summed E-state index contributed by atoms with van der Waals surface area (Å²) in [6.07, 6.45) is 5.66. The first-order valence-electron chi connectivity index (χ1n) is 9.12. The first kappa shape index (κ1) is 19.7. The number of hydrogen-bond acceptors (Lipinski definition) is 3. The highest BCUT2D eigenvalue weighted by atomic mass is 127. The Morgan fingerprint density at radius 3 is 2.44 bits per heavy atom. The van der Waals surface area contributed by atoms with Crippen LogP contribution in [0, 0.1) is 3.57 Å². The molecule has 2 aromatic rings. The lowest BCUT2D eigenvalue weighted by Crippen LogP contribution is -2.36. The molecule has 142 valence electrons. The SMILES string of the molecule is COc1ccc(C(=O)Nc2cccc(C(=O)NC3CCCCC3)c2)cc1I. The van der Waals surface area contributed by atoms with E-state index in [0.717, 1.165) is 22.2 Å². The van der Waals surface area contributed by atoms with E-state index in [2.05, 4.69) is 33.2 Å². The second-order valence-corrected chi connectivity index (χ2v) is 7.85. The summed E-state index contributed by atoms with van der Waals surface area (Å²) in [7, 11) is 1.60. The maximum atomic E-state index is 12.5. The van der Waals surface area contributed by atoms with Crippen LogP contribution in [-0.4, -0.2) is 25.0 Å². The van der Waals surface area contributed by atoms with Crippen LogP contribution in [0.2, 0.25) is 0 Å². The van der Waals surface area contributed by atoms with Gasteiger partial charge in [0.1, 0.15) is 5.75 Å². The summed E-state index contributed by atoms with van der Waals surface area (Å²) in [4.78, 5) is 25.0. The highest BCUT2D eigenvalue weighted by Crippen LogP contribution is 2.22. The van der Waals surface area contributed by atoms with Crippen LogP contribution in [-0.2, 0) is 0 Å². The summed E-state index contributed by atoms with van der Waals surface area (Å²) in [5, 5.41) is 5.96. The van der Waals surface area contributed by atoms with Crippen LogP contribution in [0.15, 0.2) is 42.5 Å². The van der Waals surface area contributed by atoms with Gasteiger partial charge in [-0.15, -0.1) is 0 Å². The normalized spacial score (nSPS) is 14.4. The van der Waals surface area contributed by atoms with Gasteiger partial charge in [-0.1, -0.05) is 25.3 Å². The summed E-state index contributed by atoms with van der Waals surface area (Å²) in [6.45, 7) is 0. The average molecular weight is 478 g/mol. The van der Waals surface area contributed by atoms with Crippen molar-refractivity contribution in [3.63, 3.8) is 0 Å². The number of amides is 2. The van der Waals surface area contributed by atoms with Gasteiger partial charge in [0.25, 0.3) is 11.8 Å². The van der Waals surface area contributed by atoms with Crippen LogP contribution < -0.4 is 15.4 Å². The van der Waals surface area contributed by atoms with Gasteiger partial charge >= 0.3 is 0 Å². The Morgan fingerprint density at radius 2 is 1.74 bits per heavy atom. The quantitative estimate of drug-likeness (QED) is 0.617. The zero-order valence-corrected chi connectivity index (χ0v) is 17.4. The predicted molar refractivity (Wildman–Crippen MR) is 114 cm³/mol. The Bertz CT molecular complexity index is 832. The second kappa shape index (κ2) is 9.21. The van der Waals surface area contributed by atoms with E-state index in [4.69, 9.17) is 4.74 Å². The van der Waals surface area contributed by atoms with Gasteiger partial charge in [0.05, 0.1) is 10.7 Å². The molecule has 2 amide bonds. The molecule has 1 fully saturated rings. The van der Waals surface area contributed by atoms with E-state index in [1.165, 1.54) is 19.3 Å². The minimum Gasteiger partial charge on any atom is -0.496 e. The highest BCUT2D eigenvalue weighted by Gasteiger charge is 2.17. The first-order chi connectivity index (χ1) is 13.1. The van der Waals surface area contributed by atoms with Crippen LogP contribution in [0.5, 0.6) is 5.75 Å². The molecule has 2 aromatic carbocycles. The van der Waals surface area contributed by atoms with Crippen molar-refractivity contribution < 1.29 is 14.3 Å². The molecule has 0 unspecified atom stereocenters. The largest absolute Gasteiger partial charge is 0.496 e. The molecule has 2 N–H and O–H groups in total. The Hall–Kier alpha value is -2.09. The molecule has 5 nitrogen and oxygen atoms in total. The highest BCUT2D eigenvalue weighted by molar-refractivity contribution is 14.1. The summed E-state index contributed by atoms with van der Waals surface area (Å²) in [5.74, 6) is 0.422. The van der Waals surface area contributed by atoms with Crippen molar-refractivity contribution >= 4 is 40.1 Å². The number of anilines is 1. The predicted octanol–water partition coefficient (Wildman–Crippen LogP) is 4.61. The molecule has 0 radical (unpaired) electrons. The molecule has 0 aliphatic heterocycles. The van der Waals surface area contributed by atoms with Crippen molar-refractivity contribution in [2.24, 2.45) is 0 Å². The van der Waals surface area contributed by atoms with Crippen LogP contribution in [0.1, 0.15) is 52.8 Å². The van der Waals surface area contributed by atoms with E-state index in [0.29, 0.717) is 16.8 Å². The third kappa shape index (κ3) is 5.22. The van der Waals surface area contributed by atoms with Crippen molar-refractivity contribution in [1.82, 2.24) is 5.32 Å². The van der Waals surface area contributed by atoms with E-state index in [9.17, 15) is 9.59 Å². The number of carbonyl (C=O) groups excluding carboxylic acids is 2. The van der Waals surface area contributed by atoms with Crippen molar-refractivity contribution in [3.8, 4) is 5.75 Å². The summed E-state index contributed by atoms with van der Waals surface area (Å²) in [6, 6.07) is 12.6. The topological polar surface area (TPSA) is 67.4 Å². The van der Waals surface area contributed by atoms with Crippen molar-refractivity contribution in [1.29, 1.82) is 0 Å². The van der Waals surface area contributed by atoms with Crippen LogP contribution in [0.25, 0.3) is 0 Å². The number of benzene rings is 2. The molecule has 0 heterocycles. The number of methoxy groups -OCH3 is 1. The number of rotatable bonds is 5. The third-order valence-corrected chi connectivity index (χ3v) is 5.58. The molecule has 0 saturated heterocycles. The van der Waals surface area contributed by atoms with Gasteiger partial charge in [-0.05, 0) is 71.8 Å². The first-order valence-corrected chi connectivity index (χ1v) is 10.2. The molecule has 1 saturated carbocycles. The lowest BCUT2D eigenvalue weighted by Gasteiger charge is -2.22. The van der Waals surface area contributed by atoms with Gasteiger partial charge in [-0.2, -0.15) is 0 Å². The van der Waals surface area contributed by atoms with E-state index in [1.54, 1.807) is 49.6 Å². The summed E-state index contributed by atoms with van der Waals surface area (Å²) < 4.78 is 6.08. The Kier molecular flexibility index (Phi) is 6.71. The Morgan fingerprint density at radius 1 is 1.00 bits per heavy atom. The molecule has 1 aliphatic rings. The molecule has 6 heteroatoms. The summed E-state index contributed by atoms with van der Waals surface area (Å²) >= 11 is 2.13. The fraction of sp³-hybridized carbons (Fsp3) is 0.333.